The smallest absolute Gasteiger partial charge is 0.437 e. The number of nitrogens with two attached hydrogens (primary N) is 1. The summed E-state index contributed by atoms with van der Waals surface area (Å²) in [6.07, 6.45) is -5.00. The molecule has 39 heavy (non-hydrogen) atoms. The van der Waals surface area contributed by atoms with Gasteiger partial charge in [-0.1, -0.05) is 16.8 Å². The van der Waals surface area contributed by atoms with Crippen LogP contribution < -0.4 is 11.1 Å². The monoisotopic (exact) mass is 568 g/mol. The summed E-state index contributed by atoms with van der Waals surface area (Å²) in [5, 5.41) is 8.82. The van der Waals surface area contributed by atoms with E-state index in [-0.39, 0.29) is 51.8 Å². The van der Waals surface area contributed by atoms with E-state index in [1.807, 2.05) is 0 Å². The second kappa shape index (κ2) is 10.3. The number of carbonyl (C=O) groups excluding carboxylic acids is 3. The van der Waals surface area contributed by atoms with E-state index >= 15 is 0 Å². The molecule has 3 heterocycles. The van der Waals surface area contributed by atoms with Gasteiger partial charge in [0.2, 0.25) is 0 Å². The van der Waals surface area contributed by atoms with Gasteiger partial charge in [-0.05, 0) is 26.0 Å². The number of hydrogen-bond donors (Lipinski definition) is 2. The third-order valence-corrected chi connectivity index (χ3v) is 5.70. The van der Waals surface area contributed by atoms with Gasteiger partial charge in [0.05, 0.1) is 34.1 Å². The van der Waals surface area contributed by atoms with E-state index in [0.29, 0.717) is 0 Å². The first kappa shape index (κ1) is 27.5. The van der Waals surface area contributed by atoms with Gasteiger partial charge in [-0.25, -0.2) is 14.2 Å². The highest BCUT2D eigenvalue weighted by Crippen LogP contribution is 2.37. The molecule has 4 aromatic rings. The molecule has 0 saturated heterocycles. The van der Waals surface area contributed by atoms with Crippen molar-refractivity contribution in [3.63, 3.8) is 0 Å². The van der Waals surface area contributed by atoms with Crippen LogP contribution in [0.5, 0.6) is 0 Å². The number of carbonyl (C=O) groups is 3. The van der Waals surface area contributed by atoms with Gasteiger partial charge in [0.1, 0.15) is 18.1 Å². The van der Waals surface area contributed by atoms with Crippen molar-refractivity contribution in [2.75, 3.05) is 11.9 Å². The molecule has 0 unspecified atom stereocenters. The van der Waals surface area contributed by atoms with Crippen molar-refractivity contribution in [1.82, 2.24) is 19.9 Å². The molecule has 0 spiro atoms. The highest BCUT2D eigenvalue weighted by atomic mass is 35.5. The Morgan fingerprint density at radius 1 is 1.18 bits per heavy atom. The van der Waals surface area contributed by atoms with E-state index in [0.717, 1.165) is 22.9 Å². The number of aromatic nitrogens is 4. The Labute approximate surface area is 220 Å². The van der Waals surface area contributed by atoms with Crippen molar-refractivity contribution in [2.24, 2.45) is 5.73 Å². The van der Waals surface area contributed by atoms with Crippen molar-refractivity contribution < 1.29 is 41.2 Å². The van der Waals surface area contributed by atoms with Crippen molar-refractivity contribution >= 4 is 46.0 Å². The zero-order valence-corrected chi connectivity index (χ0v) is 20.8. The first-order valence-corrected chi connectivity index (χ1v) is 11.4. The summed E-state index contributed by atoms with van der Waals surface area (Å²) < 4.78 is 66.4. The highest BCUT2D eigenvalue weighted by Gasteiger charge is 2.39. The Kier molecular flexibility index (Phi) is 7.28. The number of pyridine rings is 1. The van der Waals surface area contributed by atoms with Crippen molar-refractivity contribution in [1.29, 1.82) is 0 Å². The zero-order valence-electron chi connectivity index (χ0n) is 20.0. The molecular weight excluding hydrogens is 552 g/mol. The minimum atomic E-state index is -5.00. The van der Waals surface area contributed by atoms with Gasteiger partial charge in [-0.3, -0.25) is 14.3 Å². The van der Waals surface area contributed by atoms with Crippen molar-refractivity contribution in [3.8, 4) is 0 Å². The van der Waals surface area contributed by atoms with Gasteiger partial charge < -0.3 is 20.3 Å². The largest absolute Gasteiger partial charge is 0.461 e. The molecule has 0 aliphatic heterocycles. The summed E-state index contributed by atoms with van der Waals surface area (Å²) in [6.45, 7) is 2.53. The third-order valence-electron chi connectivity index (χ3n) is 5.41. The van der Waals surface area contributed by atoms with Crippen molar-refractivity contribution in [2.45, 2.75) is 26.6 Å². The maximum Gasteiger partial charge on any atom is 0.437 e. The normalized spacial score (nSPS) is 11.6. The number of halogens is 5. The molecule has 2 amide bonds. The molecule has 0 radical (unpaired) electrons. The molecule has 3 aromatic heterocycles. The number of primary amides is 1. The van der Waals surface area contributed by atoms with E-state index < -0.39 is 46.9 Å². The Morgan fingerprint density at radius 2 is 1.90 bits per heavy atom. The number of fused-ring (bicyclic) bond motifs is 1. The lowest BCUT2D eigenvalue weighted by Crippen LogP contribution is -2.19. The molecule has 0 fully saturated rings. The lowest BCUT2D eigenvalue weighted by molar-refractivity contribution is -0.140. The van der Waals surface area contributed by atoms with Crippen molar-refractivity contribution in [3.05, 3.63) is 69.2 Å². The highest BCUT2D eigenvalue weighted by molar-refractivity contribution is 6.31. The van der Waals surface area contributed by atoms with Crippen LogP contribution in [0.15, 0.2) is 28.8 Å². The van der Waals surface area contributed by atoms with Crippen LogP contribution in [0.2, 0.25) is 5.02 Å². The van der Waals surface area contributed by atoms with Gasteiger partial charge in [0, 0.05) is 17.5 Å². The Balaban J connectivity index is 1.74. The van der Waals surface area contributed by atoms with Crippen LogP contribution in [0, 0.1) is 12.7 Å². The van der Waals surface area contributed by atoms with Gasteiger partial charge in [-0.15, -0.1) is 0 Å². The molecule has 0 aliphatic carbocycles. The minimum absolute atomic E-state index is 0.0156. The number of rotatable bonds is 7. The fourth-order valence-electron chi connectivity index (χ4n) is 3.60. The molecule has 0 saturated carbocycles. The average molecular weight is 569 g/mol. The van der Waals surface area contributed by atoms with E-state index in [4.69, 9.17) is 26.6 Å². The number of anilines is 1. The SMILES string of the molecule is CCOC(=O)c1cc(Cn2nc(C(F)(F)F)c(NC(=O)c3cc(C(N)=O)nc4cc(F)c(Cl)cc34)c2C)on1. The standard InChI is InChI=1S/C23H17ClF4N6O5/c1-3-38-22(37)17-4-10(39-33-17)8-34-9(2)18(19(32-34)23(26,27)28)31-21(36)12-6-16(20(29)35)30-15-7-14(25)13(24)5-11(12)15/h4-7H,3,8H2,1-2H3,(H2,29,35)(H,31,36). The Hall–Kier alpha value is -4.53. The number of hydrogen-bond acceptors (Lipinski definition) is 8. The fourth-order valence-corrected chi connectivity index (χ4v) is 3.76. The van der Waals surface area contributed by atoms with E-state index in [9.17, 15) is 31.9 Å². The average Bonchev–Trinajstić information content (AvgIpc) is 3.44. The molecular formula is C23H17ClF4N6O5. The first-order chi connectivity index (χ1) is 18.3. The number of ether oxygens (including phenoxy) is 1. The van der Waals surface area contributed by atoms with E-state index in [1.165, 1.54) is 13.0 Å². The molecule has 3 N–H and O–H groups in total. The summed E-state index contributed by atoms with van der Waals surface area (Å²) in [7, 11) is 0. The zero-order chi connectivity index (χ0) is 28.6. The maximum atomic E-state index is 14.0. The maximum absolute atomic E-state index is 14.0. The topological polar surface area (TPSA) is 155 Å². The number of amides is 2. The van der Waals surface area contributed by atoms with Crippen LogP contribution in [0.3, 0.4) is 0 Å². The Bertz CT molecular complexity index is 1630. The number of benzene rings is 1. The van der Waals surface area contributed by atoms with E-state index in [1.54, 1.807) is 6.92 Å². The molecule has 1 aromatic carbocycles. The van der Waals surface area contributed by atoms with Crippen LogP contribution in [0.25, 0.3) is 10.9 Å². The first-order valence-electron chi connectivity index (χ1n) is 11.0. The second-order valence-corrected chi connectivity index (χ2v) is 8.43. The van der Waals surface area contributed by atoms with Crippen LogP contribution in [0.1, 0.15) is 55.4 Å². The summed E-state index contributed by atoms with van der Waals surface area (Å²) in [6, 6.07) is 4.03. The van der Waals surface area contributed by atoms with Gasteiger partial charge >= 0.3 is 12.1 Å². The Morgan fingerprint density at radius 3 is 2.54 bits per heavy atom. The number of nitrogens with one attached hydrogen (secondary N) is 1. The molecule has 204 valence electrons. The van der Waals surface area contributed by atoms with Gasteiger partial charge in [-0.2, -0.15) is 18.3 Å². The number of nitrogens with zero attached hydrogens (tertiary/aromatic N) is 4. The van der Waals surface area contributed by atoms with Crippen LogP contribution >= 0.6 is 11.6 Å². The lowest BCUT2D eigenvalue weighted by atomic mass is 10.1. The predicted octanol–water partition coefficient (Wildman–Crippen LogP) is 4.12. The summed E-state index contributed by atoms with van der Waals surface area (Å²) in [4.78, 5) is 40.6. The van der Waals surface area contributed by atoms with Gasteiger partial charge in [0.15, 0.2) is 17.1 Å². The number of esters is 1. The van der Waals surface area contributed by atoms with Crippen LogP contribution in [-0.4, -0.2) is 44.3 Å². The molecule has 0 aliphatic rings. The minimum Gasteiger partial charge on any atom is -0.461 e. The van der Waals surface area contributed by atoms with E-state index in [2.05, 4.69) is 20.6 Å². The van der Waals surface area contributed by atoms with Gasteiger partial charge in [0.25, 0.3) is 11.8 Å². The summed E-state index contributed by atoms with van der Waals surface area (Å²) in [5.74, 6) is -3.87. The molecule has 0 bridgehead atoms. The molecule has 4 rings (SSSR count). The quantitative estimate of drug-likeness (QED) is 0.249. The summed E-state index contributed by atoms with van der Waals surface area (Å²) in [5.41, 5.74) is 1.85. The molecule has 16 heteroatoms. The second-order valence-electron chi connectivity index (χ2n) is 8.02. The third kappa shape index (κ3) is 5.52. The predicted molar refractivity (Wildman–Crippen MR) is 127 cm³/mol. The summed E-state index contributed by atoms with van der Waals surface area (Å²) >= 11 is 5.83. The molecule has 0 atom stereocenters. The lowest BCUT2D eigenvalue weighted by Gasteiger charge is -2.12. The number of alkyl halides is 3. The van der Waals surface area contributed by atoms with Crippen LogP contribution in [0.4, 0.5) is 23.2 Å². The molecule has 11 nitrogen and oxygen atoms in total. The fraction of sp³-hybridized carbons (Fsp3) is 0.217. The van der Waals surface area contributed by atoms with Crippen LogP contribution in [-0.2, 0) is 17.5 Å².